The molecule has 9 heavy (non-hydrogen) atoms. The molecule has 1 unspecified atom stereocenters. The van der Waals surface area contributed by atoms with E-state index in [1.54, 1.807) is 6.21 Å². The summed E-state index contributed by atoms with van der Waals surface area (Å²) in [5, 5.41) is 7.02. The second-order valence-corrected chi connectivity index (χ2v) is 2.60. The van der Waals surface area contributed by atoms with E-state index in [1.165, 1.54) is 12.8 Å². The molecule has 0 bridgehead atoms. The van der Waals surface area contributed by atoms with Gasteiger partial charge in [-0.1, -0.05) is 33.6 Å². The minimum atomic E-state index is 0.472. The molecule has 1 heteroatoms. The maximum Gasteiger partial charge on any atom is -0.00167 e. The van der Waals surface area contributed by atoms with Crippen LogP contribution in [0.15, 0.2) is 0 Å². The van der Waals surface area contributed by atoms with Gasteiger partial charge in [-0.3, -0.25) is 0 Å². The van der Waals surface area contributed by atoms with E-state index in [9.17, 15) is 0 Å². The quantitative estimate of drug-likeness (QED) is 0.561. The fourth-order valence-corrected chi connectivity index (χ4v) is 1.17. The highest BCUT2D eigenvalue weighted by atomic mass is 14.4. The Morgan fingerprint density at radius 2 is 1.78 bits per heavy atom. The first-order valence-corrected chi connectivity index (χ1v) is 3.76. The summed E-state index contributed by atoms with van der Waals surface area (Å²) in [6.07, 6.45) is 3.96. The highest BCUT2D eigenvalue weighted by Gasteiger charge is 2.09. The van der Waals surface area contributed by atoms with Gasteiger partial charge >= 0.3 is 0 Å². The van der Waals surface area contributed by atoms with E-state index >= 15 is 0 Å². The summed E-state index contributed by atoms with van der Waals surface area (Å²) in [4.78, 5) is 0. The lowest BCUT2D eigenvalue weighted by Crippen LogP contribution is -2.09. The zero-order valence-electron chi connectivity index (χ0n) is 6.65. The molecular formula is C8H17N. The van der Waals surface area contributed by atoms with Gasteiger partial charge in [0.2, 0.25) is 0 Å². The largest absolute Gasteiger partial charge is 0.313 e. The van der Waals surface area contributed by atoms with Gasteiger partial charge in [0.15, 0.2) is 0 Å². The lowest BCUT2D eigenvalue weighted by molar-refractivity contribution is 0.419. The molecule has 0 aliphatic heterocycles. The lowest BCUT2D eigenvalue weighted by Gasteiger charge is -2.15. The molecule has 0 heterocycles. The molecule has 0 aliphatic rings. The van der Waals surface area contributed by atoms with Crippen molar-refractivity contribution in [2.75, 3.05) is 0 Å². The molecule has 0 saturated heterocycles. The Kier molecular flexibility index (Phi) is 4.37. The predicted molar refractivity (Wildman–Crippen MR) is 42.0 cm³/mol. The van der Waals surface area contributed by atoms with Crippen molar-refractivity contribution >= 4 is 6.21 Å². The summed E-state index contributed by atoms with van der Waals surface area (Å²) >= 11 is 0. The molecule has 0 aromatic heterocycles. The highest BCUT2D eigenvalue weighted by Crippen LogP contribution is 2.16. The zero-order valence-corrected chi connectivity index (χ0v) is 6.65. The normalized spacial score (nSPS) is 13.8. The third-order valence-corrected chi connectivity index (χ3v) is 2.06. The molecule has 1 atom stereocenters. The first kappa shape index (κ1) is 8.67. The van der Waals surface area contributed by atoms with E-state index in [4.69, 9.17) is 5.41 Å². The summed E-state index contributed by atoms with van der Waals surface area (Å²) in [5.41, 5.74) is 0. The van der Waals surface area contributed by atoms with Crippen molar-refractivity contribution in [3.05, 3.63) is 0 Å². The van der Waals surface area contributed by atoms with Crippen LogP contribution < -0.4 is 0 Å². The maximum atomic E-state index is 7.02. The summed E-state index contributed by atoms with van der Waals surface area (Å²) < 4.78 is 0. The van der Waals surface area contributed by atoms with Crippen molar-refractivity contribution in [3.8, 4) is 0 Å². The van der Waals surface area contributed by atoms with E-state index in [2.05, 4.69) is 20.8 Å². The monoisotopic (exact) mass is 127 g/mol. The van der Waals surface area contributed by atoms with E-state index in [0.717, 1.165) is 5.92 Å². The summed E-state index contributed by atoms with van der Waals surface area (Å²) in [7, 11) is 0. The van der Waals surface area contributed by atoms with Crippen molar-refractivity contribution in [2.24, 2.45) is 11.8 Å². The smallest absolute Gasteiger partial charge is 0.00167 e. The third-order valence-electron chi connectivity index (χ3n) is 2.06. The van der Waals surface area contributed by atoms with Gasteiger partial charge in [-0.2, -0.15) is 0 Å². The van der Waals surface area contributed by atoms with Crippen LogP contribution in [0, 0.1) is 17.2 Å². The molecule has 54 valence electrons. The predicted octanol–water partition coefficient (Wildman–Crippen LogP) is 2.71. The van der Waals surface area contributed by atoms with Crippen LogP contribution in [0.25, 0.3) is 0 Å². The maximum absolute atomic E-state index is 7.02. The summed E-state index contributed by atoms with van der Waals surface area (Å²) in [6.45, 7) is 6.49. The molecule has 0 saturated carbocycles. The van der Waals surface area contributed by atoms with Crippen LogP contribution in [0.1, 0.15) is 33.6 Å². The van der Waals surface area contributed by atoms with E-state index < -0.39 is 0 Å². The topological polar surface area (TPSA) is 23.9 Å². The Bertz CT molecular complexity index is 74.6. The molecule has 0 aromatic rings. The van der Waals surface area contributed by atoms with Crippen molar-refractivity contribution < 1.29 is 0 Å². The molecule has 0 radical (unpaired) electrons. The van der Waals surface area contributed by atoms with E-state index in [-0.39, 0.29) is 0 Å². The molecule has 0 amide bonds. The van der Waals surface area contributed by atoms with Gasteiger partial charge < -0.3 is 5.41 Å². The summed E-state index contributed by atoms with van der Waals surface area (Å²) in [6, 6.07) is 0. The van der Waals surface area contributed by atoms with Gasteiger partial charge in [0, 0.05) is 0 Å². The zero-order chi connectivity index (χ0) is 7.28. The Hall–Kier alpha value is -0.330. The molecule has 0 aromatic carbocycles. The molecule has 0 spiro atoms. The van der Waals surface area contributed by atoms with Crippen molar-refractivity contribution in [1.82, 2.24) is 0 Å². The fraction of sp³-hybridized carbons (Fsp3) is 0.875. The van der Waals surface area contributed by atoms with Crippen molar-refractivity contribution in [2.45, 2.75) is 33.6 Å². The molecule has 1 N–H and O–H groups in total. The fourth-order valence-electron chi connectivity index (χ4n) is 1.17. The molecule has 0 aliphatic carbocycles. The minimum absolute atomic E-state index is 0.472. The number of rotatable bonds is 4. The van der Waals surface area contributed by atoms with Gasteiger partial charge in [-0.05, 0) is 18.1 Å². The average molecular weight is 127 g/mol. The number of nitrogens with one attached hydrogen (secondary N) is 1. The molecule has 0 fully saturated rings. The second-order valence-electron chi connectivity index (χ2n) is 2.60. The second kappa shape index (κ2) is 4.54. The van der Waals surface area contributed by atoms with Crippen molar-refractivity contribution in [1.29, 1.82) is 5.41 Å². The van der Waals surface area contributed by atoms with E-state index in [1.807, 2.05) is 0 Å². The summed E-state index contributed by atoms with van der Waals surface area (Å²) in [5.74, 6) is 1.20. The van der Waals surface area contributed by atoms with Gasteiger partial charge in [0.25, 0.3) is 0 Å². The van der Waals surface area contributed by atoms with Crippen molar-refractivity contribution in [3.63, 3.8) is 0 Å². The van der Waals surface area contributed by atoms with Gasteiger partial charge in [-0.25, -0.2) is 0 Å². The molecular weight excluding hydrogens is 110 g/mol. The Morgan fingerprint density at radius 3 is 1.89 bits per heavy atom. The van der Waals surface area contributed by atoms with Crippen LogP contribution >= 0.6 is 0 Å². The van der Waals surface area contributed by atoms with Gasteiger partial charge in [-0.15, -0.1) is 0 Å². The van der Waals surface area contributed by atoms with Gasteiger partial charge in [0.05, 0.1) is 0 Å². The van der Waals surface area contributed by atoms with Crippen LogP contribution in [0.4, 0.5) is 0 Å². The first-order valence-electron chi connectivity index (χ1n) is 3.76. The number of hydrogen-bond acceptors (Lipinski definition) is 1. The van der Waals surface area contributed by atoms with Crippen LogP contribution in [0.5, 0.6) is 0 Å². The highest BCUT2D eigenvalue weighted by molar-refractivity contribution is 5.56. The minimum Gasteiger partial charge on any atom is -0.313 e. The van der Waals surface area contributed by atoms with Crippen LogP contribution in [0.3, 0.4) is 0 Å². The Balaban J connectivity index is 3.63. The van der Waals surface area contributed by atoms with E-state index in [0.29, 0.717) is 5.92 Å². The van der Waals surface area contributed by atoms with Crippen LogP contribution in [0.2, 0.25) is 0 Å². The van der Waals surface area contributed by atoms with Crippen LogP contribution in [-0.4, -0.2) is 6.21 Å². The number of hydrogen-bond donors (Lipinski definition) is 1. The van der Waals surface area contributed by atoms with Crippen LogP contribution in [-0.2, 0) is 0 Å². The average Bonchev–Trinajstić information content (AvgIpc) is 1.90. The Morgan fingerprint density at radius 1 is 1.33 bits per heavy atom. The molecule has 0 rings (SSSR count). The lowest BCUT2D eigenvalue weighted by atomic mass is 9.90. The Labute approximate surface area is 58.0 Å². The SMILES string of the molecule is CCC(CC)C(C)C=N. The molecule has 1 nitrogen and oxygen atoms in total. The third kappa shape index (κ3) is 2.64. The van der Waals surface area contributed by atoms with Gasteiger partial charge in [0.1, 0.15) is 0 Å². The standard InChI is InChI=1S/C8H17N/c1-4-8(5-2)7(3)6-9/h6-9H,4-5H2,1-3H3. The first-order chi connectivity index (χ1) is 4.26.